The molecule has 0 aromatic carbocycles. The maximum atomic E-state index is 12.1. The lowest BCUT2D eigenvalue weighted by Crippen LogP contribution is -2.27. The summed E-state index contributed by atoms with van der Waals surface area (Å²) in [6.45, 7) is 0.450. The maximum absolute atomic E-state index is 12.1. The maximum Gasteiger partial charge on any atom is 0.345 e. The van der Waals surface area contributed by atoms with Crippen molar-refractivity contribution in [2.24, 2.45) is 0 Å². The van der Waals surface area contributed by atoms with E-state index in [1.165, 1.54) is 23.5 Å². The number of aliphatic hydroxyl groups excluding tert-OH is 1. The lowest BCUT2D eigenvalue weighted by atomic mass is 10.2. The first kappa shape index (κ1) is 16.1. The molecule has 0 fully saturated rings. The third kappa shape index (κ3) is 4.27. The molecule has 0 saturated heterocycles. The Hall–Kier alpha value is -0.960. The quantitative estimate of drug-likeness (QED) is 0.704. The molecule has 0 radical (unpaired) electrons. The van der Waals surface area contributed by atoms with E-state index in [2.05, 4.69) is 0 Å². The van der Waals surface area contributed by atoms with E-state index in [-0.39, 0.29) is 15.7 Å². The molecule has 0 aliphatic carbocycles. The highest BCUT2D eigenvalue weighted by atomic mass is 32.2. The highest BCUT2D eigenvalue weighted by Gasteiger charge is 2.23. The average molecular weight is 307 g/mol. The molecule has 8 heteroatoms. The molecular formula is C11H17NO5S2. The number of hydrogen-bond acceptors (Lipinski definition) is 5. The number of aromatic carboxylic acids is 1. The Bertz CT molecular complexity index is 523. The number of hydrogen-bond donors (Lipinski definition) is 2. The topological polar surface area (TPSA) is 94.9 Å². The predicted octanol–water partition coefficient (Wildman–Crippen LogP) is 1.23. The Labute approximate surface area is 116 Å². The minimum atomic E-state index is -3.61. The standard InChI is InChI=1S/C11H17NO5S2/c1-12(7-3-2-4-8-13)19(16,17)10-6-5-9(18-10)11(14)15/h5-6,13H,2-4,7-8H2,1H3,(H,14,15). The third-order valence-corrected chi connectivity index (χ3v) is 5.99. The molecule has 108 valence electrons. The first-order valence-corrected chi connectivity index (χ1v) is 8.05. The number of unbranched alkanes of at least 4 members (excludes halogenated alkanes) is 2. The van der Waals surface area contributed by atoms with Gasteiger partial charge in [-0.1, -0.05) is 0 Å². The number of carbonyl (C=O) groups is 1. The summed E-state index contributed by atoms with van der Waals surface area (Å²) in [5, 5.41) is 17.4. The zero-order valence-electron chi connectivity index (χ0n) is 10.6. The molecule has 0 amide bonds. The first-order valence-electron chi connectivity index (χ1n) is 5.80. The summed E-state index contributed by atoms with van der Waals surface area (Å²) in [6, 6.07) is 2.60. The number of nitrogens with zero attached hydrogens (tertiary/aromatic N) is 1. The second kappa shape index (κ2) is 6.99. The fourth-order valence-electron chi connectivity index (χ4n) is 1.47. The van der Waals surface area contributed by atoms with Gasteiger partial charge < -0.3 is 10.2 Å². The third-order valence-electron chi connectivity index (χ3n) is 2.59. The summed E-state index contributed by atoms with van der Waals surface area (Å²) < 4.78 is 25.5. The van der Waals surface area contributed by atoms with Gasteiger partial charge in [-0.3, -0.25) is 0 Å². The van der Waals surface area contributed by atoms with E-state index in [4.69, 9.17) is 10.2 Å². The molecule has 0 spiro atoms. The molecule has 0 aliphatic heterocycles. The first-order chi connectivity index (χ1) is 8.89. The van der Waals surface area contributed by atoms with Gasteiger partial charge in [0.2, 0.25) is 0 Å². The van der Waals surface area contributed by atoms with Gasteiger partial charge in [-0.25, -0.2) is 17.5 Å². The fourth-order valence-corrected chi connectivity index (χ4v) is 4.04. The molecule has 0 bridgehead atoms. The number of carboxylic acids is 1. The number of carboxylic acid groups (broad SMARTS) is 1. The molecule has 0 aliphatic rings. The van der Waals surface area contributed by atoms with Crippen molar-refractivity contribution < 1.29 is 23.4 Å². The van der Waals surface area contributed by atoms with Crippen molar-refractivity contribution >= 4 is 27.3 Å². The van der Waals surface area contributed by atoms with Crippen molar-refractivity contribution in [2.75, 3.05) is 20.2 Å². The number of thiophene rings is 1. The normalized spacial score (nSPS) is 11.9. The van der Waals surface area contributed by atoms with Crippen LogP contribution in [0.3, 0.4) is 0 Å². The van der Waals surface area contributed by atoms with Gasteiger partial charge in [-0.2, -0.15) is 0 Å². The van der Waals surface area contributed by atoms with Gasteiger partial charge >= 0.3 is 5.97 Å². The molecule has 19 heavy (non-hydrogen) atoms. The largest absolute Gasteiger partial charge is 0.477 e. The molecule has 6 nitrogen and oxygen atoms in total. The van der Waals surface area contributed by atoms with Crippen LogP contribution >= 0.6 is 11.3 Å². The van der Waals surface area contributed by atoms with Gasteiger partial charge in [0, 0.05) is 20.2 Å². The Morgan fingerprint density at radius 2 is 2.00 bits per heavy atom. The van der Waals surface area contributed by atoms with Crippen molar-refractivity contribution in [3.63, 3.8) is 0 Å². The van der Waals surface area contributed by atoms with Crippen molar-refractivity contribution in [3.05, 3.63) is 17.0 Å². The van der Waals surface area contributed by atoms with E-state index >= 15 is 0 Å². The van der Waals surface area contributed by atoms with Crippen LogP contribution in [-0.2, 0) is 10.0 Å². The lowest BCUT2D eigenvalue weighted by Gasteiger charge is -2.15. The Kier molecular flexibility index (Phi) is 5.92. The Balaban J connectivity index is 2.70. The van der Waals surface area contributed by atoms with Gasteiger partial charge in [0.1, 0.15) is 9.09 Å². The van der Waals surface area contributed by atoms with Crippen molar-refractivity contribution in [1.82, 2.24) is 4.31 Å². The summed E-state index contributed by atoms with van der Waals surface area (Å²) >= 11 is 0.751. The molecule has 2 N–H and O–H groups in total. The summed E-state index contributed by atoms with van der Waals surface area (Å²) in [5.41, 5.74) is 0. The van der Waals surface area contributed by atoms with Crippen LogP contribution in [0, 0.1) is 0 Å². The summed E-state index contributed by atoms with van der Waals surface area (Å²) in [7, 11) is -2.15. The van der Waals surface area contributed by atoms with Crippen LogP contribution in [0.15, 0.2) is 16.3 Å². The van der Waals surface area contributed by atoms with E-state index in [1.54, 1.807) is 0 Å². The number of aliphatic hydroxyl groups is 1. The molecule has 0 saturated carbocycles. The minimum Gasteiger partial charge on any atom is -0.477 e. The van der Waals surface area contributed by atoms with Gasteiger partial charge in [-0.15, -0.1) is 11.3 Å². The average Bonchev–Trinajstić information content (AvgIpc) is 2.84. The zero-order valence-corrected chi connectivity index (χ0v) is 12.2. The van der Waals surface area contributed by atoms with Gasteiger partial charge in [0.15, 0.2) is 0 Å². The van der Waals surface area contributed by atoms with Crippen molar-refractivity contribution in [3.8, 4) is 0 Å². The highest BCUT2D eigenvalue weighted by Crippen LogP contribution is 2.24. The number of rotatable bonds is 8. The van der Waals surface area contributed by atoms with Crippen molar-refractivity contribution in [2.45, 2.75) is 23.5 Å². The molecule has 0 atom stereocenters. The van der Waals surface area contributed by atoms with Gasteiger partial charge in [0.05, 0.1) is 0 Å². The Morgan fingerprint density at radius 3 is 2.53 bits per heavy atom. The van der Waals surface area contributed by atoms with E-state index in [9.17, 15) is 13.2 Å². The van der Waals surface area contributed by atoms with Crippen LogP contribution in [0.2, 0.25) is 0 Å². The fraction of sp³-hybridized carbons (Fsp3) is 0.545. The second-order valence-electron chi connectivity index (χ2n) is 4.03. The van der Waals surface area contributed by atoms with Crippen LogP contribution < -0.4 is 0 Å². The van der Waals surface area contributed by atoms with Crippen LogP contribution in [0.1, 0.15) is 28.9 Å². The van der Waals surface area contributed by atoms with E-state index in [0.29, 0.717) is 19.4 Å². The molecule has 1 aromatic rings. The summed E-state index contributed by atoms with van der Waals surface area (Å²) in [6.07, 6.45) is 2.06. The van der Waals surface area contributed by atoms with Crippen LogP contribution in [0.4, 0.5) is 0 Å². The van der Waals surface area contributed by atoms with Crippen LogP contribution in [-0.4, -0.2) is 49.1 Å². The van der Waals surface area contributed by atoms with Gasteiger partial charge in [-0.05, 0) is 31.4 Å². The van der Waals surface area contributed by atoms with E-state index in [0.717, 1.165) is 17.8 Å². The minimum absolute atomic E-state index is 0.00672. The van der Waals surface area contributed by atoms with E-state index < -0.39 is 16.0 Å². The SMILES string of the molecule is CN(CCCCCO)S(=O)(=O)c1ccc(C(=O)O)s1. The van der Waals surface area contributed by atoms with Crippen LogP contribution in [0.5, 0.6) is 0 Å². The molecule has 1 heterocycles. The van der Waals surface area contributed by atoms with Gasteiger partial charge in [0.25, 0.3) is 10.0 Å². The lowest BCUT2D eigenvalue weighted by molar-refractivity contribution is 0.0702. The van der Waals surface area contributed by atoms with E-state index in [1.807, 2.05) is 0 Å². The zero-order chi connectivity index (χ0) is 14.5. The summed E-state index contributed by atoms with van der Waals surface area (Å²) in [4.78, 5) is 10.7. The molecule has 0 unspecified atom stereocenters. The summed E-state index contributed by atoms with van der Waals surface area (Å²) in [5.74, 6) is -1.13. The molecular weight excluding hydrogens is 290 g/mol. The number of sulfonamides is 1. The smallest absolute Gasteiger partial charge is 0.345 e. The molecule has 1 aromatic heterocycles. The van der Waals surface area contributed by atoms with Crippen molar-refractivity contribution in [1.29, 1.82) is 0 Å². The second-order valence-corrected chi connectivity index (χ2v) is 7.39. The van der Waals surface area contributed by atoms with Crippen LogP contribution in [0.25, 0.3) is 0 Å². The monoisotopic (exact) mass is 307 g/mol. The predicted molar refractivity (Wildman–Crippen MR) is 72.0 cm³/mol. The highest BCUT2D eigenvalue weighted by molar-refractivity contribution is 7.91. The molecule has 1 rings (SSSR count). The Morgan fingerprint density at radius 1 is 1.32 bits per heavy atom.